The molecular formula is C16H12N2O4. The number of aromatic nitrogens is 1. The first-order valence-electron chi connectivity index (χ1n) is 6.75. The van der Waals surface area contributed by atoms with Gasteiger partial charge in [-0.1, -0.05) is 23.3 Å². The van der Waals surface area contributed by atoms with Crippen molar-refractivity contribution in [3.8, 4) is 0 Å². The van der Waals surface area contributed by atoms with Crippen molar-refractivity contribution in [3.05, 3.63) is 65.5 Å². The Kier molecular flexibility index (Phi) is 3.65. The summed E-state index contributed by atoms with van der Waals surface area (Å²) in [6.45, 7) is 0. The van der Waals surface area contributed by atoms with Crippen molar-refractivity contribution in [1.29, 1.82) is 0 Å². The number of carbonyl (C=O) groups excluding carboxylic acids is 3. The lowest BCUT2D eigenvalue weighted by Gasteiger charge is -2.12. The maximum atomic E-state index is 12.0. The first-order valence-corrected chi connectivity index (χ1v) is 6.75. The minimum absolute atomic E-state index is 0.0322. The van der Waals surface area contributed by atoms with Crippen LogP contribution in [0.25, 0.3) is 0 Å². The number of fused-ring (bicyclic) bond motifs is 1. The number of hydroxylamine groups is 2. The van der Waals surface area contributed by atoms with Crippen LogP contribution in [-0.2, 0) is 16.1 Å². The molecule has 1 aliphatic rings. The van der Waals surface area contributed by atoms with E-state index in [1.165, 1.54) is 12.1 Å². The summed E-state index contributed by atoms with van der Waals surface area (Å²) in [6, 6.07) is 11.7. The van der Waals surface area contributed by atoms with E-state index in [1.54, 1.807) is 30.5 Å². The number of nitrogens with zero attached hydrogens (tertiary/aromatic N) is 2. The summed E-state index contributed by atoms with van der Waals surface area (Å²) >= 11 is 0. The molecule has 2 aromatic rings. The van der Waals surface area contributed by atoms with Gasteiger partial charge in [-0.2, -0.15) is 0 Å². The van der Waals surface area contributed by atoms with E-state index in [2.05, 4.69) is 4.98 Å². The van der Waals surface area contributed by atoms with Crippen molar-refractivity contribution >= 4 is 17.8 Å². The van der Waals surface area contributed by atoms with Crippen LogP contribution in [0.1, 0.15) is 32.8 Å². The molecule has 110 valence electrons. The van der Waals surface area contributed by atoms with Crippen LogP contribution in [0, 0.1) is 0 Å². The summed E-state index contributed by atoms with van der Waals surface area (Å²) in [5.74, 6) is -1.89. The molecule has 0 N–H and O–H groups in total. The van der Waals surface area contributed by atoms with E-state index in [4.69, 9.17) is 4.84 Å². The molecule has 3 rings (SSSR count). The van der Waals surface area contributed by atoms with Crippen LogP contribution in [-0.4, -0.2) is 27.8 Å². The molecule has 0 bridgehead atoms. The zero-order valence-electron chi connectivity index (χ0n) is 11.6. The molecule has 0 saturated heterocycles. The molecule has 2 heterocycles. The molecule has 0 radical (unpaired) electrons. The maximum absolute atomic E-state index is 12.0. The van der Waals surface area contributed by atoms with E-state index < -0.39 is 17.8 Å². The molecule has 1 aromatic heterocycles. The Bertz CT molecular complexity index is 708. The van der Waals surface area contributed by atoms with Crippen molar-refractivity contribution in [1.82, 2.24) is 10.0 Å². The zero-order valence-corrected chi connectivity index (χ0v) is 11.6. The second-order valence-corrected chi connectivity index (χ2v) is 4.73. The molecule has 0 unspecified atom stereocenters. The van der Waals surface area contributed by atoms with Crippen molar-refractivity contribution in [2.75, 3.05) is 0 Å². The van der Waals surface area contributed by atoms with Crippen molar-refractivity contribution in [2.45, 2.75) is 12.8 Å². The summed E-state index contributed by atoms with van der Waals surface area (Å²) in [4.78, 5) is 44.9. The Balaban J connectivity index is 1.63. The second-order valence-electron chi connectivity index (χ2n) is 4.73. The lowest BCUT2D eigenvalue weighted by Crippen LogP contribution is -2.32. The average molecular weight is 296 g/mol. The van der Waals surface area contributed by atoms with Crippen LogP contribution in [0.2, 0.25) is 0 Å². The van der Waals surface area contributed by atoms with Crippen LogP contribution >= 0.6 is 0 Å². The van der Waals surface area contributed by atoms with Crippen molar-refractivity contribution in [2.24, 2.45) is 0 Å². The largest absolute Gasteiger partial charge is 0.333 e. The van der Waals surface area contributed by atoms with Crippen LogP contribution in [0.4, 0.5) is 0 Å². The Morgan fingerprint density at radius 1 is 1.00 bits per heavy atom. The minimum Gasteiger partial charge on any atom is -0.330 e. The van der Waals surface area contributed by atoms with E-state index in [9.17, 15) is 14.4 Å². The molecule has 1 aromatic carbocycles. The van der Waals surface area contributed by atoms with Gasteiger partial charge in [0.25, 0.3) is 11.8 Å². The van der Waals surface area contributed by atoms with E-state index in [-0.39, 0.29) is 17.5 Å². The van der Waals surface area contributed by atoms with Gasteiger partial charge < -0.3 is 4.84 Å². The summed E-state index contributed by atoms with van der Waals surface area (Å²) in [7, 11) is 0. The summed E-state index contributed by atoms with van der Waals surface area (Å²) in [6.07, 6.45) is 2.04. The number of benzene rings is 1. The van der Waals surface area contributed by atoms with E-state index >= 15 is 0 Å². The van der Waals surface area contributed by atoms with Crippen molar-refractivity contribution < 1.29 is 19.2 Å². The topological polar surface area (TPSA) is 76.6 Å². The van der Waals surface area contributed by atoms with Crippen LogP contribution in [0.5, 0.6) is 0 Å². The van der Waals surface area contributed by atoms with E-state index in [0.29, 0.717) is 11.5 Å². The van der Waals surface area contributed by atoms with Gasteiger partial charge in [0.2, 0.25) is 0 Å². The quantitative estimate of drug-likeness (QED) is 0.804. The molecule has 0 aliphatic carbocycles. The molecule has 6 heteroatoms. The first kappa shape index (κ1) is 13.9. The Morgan fingerprint density at radius 3 is 2.23 bits per heavy atom. The first-order chi connectivity index (χ1) is 10.7. The molecule has 2 amide bonds. The van der Waals surface area contributed by atoms with Gasteiger partial charge in [0, 0.05) is 18.3 Å². The standard InChI is InChI=1S/C16H12N2O4/c19-14(9-8-11-5-3-4-10-17-11)22-18-15(20)12-6-1-2-7-13(12)16(18)21/h1-7,10H,8-9H2. The second kappa shape index (κ2) is 5.77. The van der Waals surface area contributed by atoms with Crippen LogP contribution < -0.4 is 0 Å². The SMILES string of the molecule is O=C(CCc1ccccn1)ON1C(=O)c2ccccc2C1=O. The van der Waals surface area contributed by atoms with Gasteiger partial charge in [-0.15, -0.1) is 0 Å². The van der Waals surface area contributed by atoms with Gasteiger partial charge in [-0.3, -0.25) is 14.6 Å². The molecule has 0 spiro atoms. The van der Waals surface area contributed by atoms with Gasteiger partial charge in [0.15, 0.2) is 0 Å². The highest BCUT2D eigenvalue weighted by atomic mass is 16.7. The zero-order chi connectivity index (χ0) is 15.5. The number of hydrogen-bond acceptors (Lipinski definition) is 5. The normalized spacial score (nSPS) is 13.2. The summed E-state index contributed by atoms with van der Waals surface area (Å²) < 4.78 is 0. The van der Waals surface area contributed by atoms with E-state index in [0.717, 1.165) is 5.69 Å². The molecule has 6 nitrogen and oxygen atoms in total. The van der Waals surface area contributed by atoms with Gasteiger partial charge >= 0.3 is 5.97 Å². The van der Waals surface area contributed by atoms with Gasteiger partial charge in [0.05, 0.1) is 17.5 Å². The Labute approximate surface area is 126 Å². The predicted molar refractivity (Wildman–Crippen MR) is 75.6 cm³/mol. The van der Waals surface area contributed by atoms with Gasteiger partial charge in [-0.25, -0.2) is 4.79 Å². The van der Waals surface area contributed by atoms with Gasteiger partial charge in [0.1, 0.15) is 0 Å². The van der Waals surface area contributed by atoms with Crippen LogP contribution in [0.15, 0.2) is 48.7 Å². The van der Waals surface area contributed by atoms with E-state index in [1.807, 2.05) is 6.07 Å². The smallest absolute Gasteiger partial charge is 0.330 e. The fourth-order valence-corrected chi connectivity index (χ4v) is 2.17. The summed E-state index contributed by atoms with van der Waals surface area (Å²) in [5.41, 5.74) is 1.22. The number of carbonyl (C=O) groups is 3. The number of amides is 2. The number of imide groups is 1. The third-order valence-corrected chi connectivity index (χ3v) is 3.26. The van der Waals surface area contributed by atoms with Crippen LogP contribution in [0.3, 0.4) is 0 Å². The lowest BCUT2D eigenvalue weighted by molar-refractivity contribution is -0.168. The monoisotopic (exact) mass is 296 g/mol. The highest BCUT2D eigenvalue weighted by Crippen LogP contribution is 2.22. The average Bonchev–Trinajstić information content (AvgIpc) is 2.79. The van der Waals surface area contributed by atoms with Crippen molar-refractivity contribution in [3.63, 3.8) is 0 Å². The number of hydrogen-bond donors (Lipinski definition) is 0. The molecular weight excluding hydrogens is 284 g/mol. The predicted octanol–water partition coefficient (Wildman–Crippen LogP) is 1.77. The molecule has 22 heavy (non-hydrogen) atoms. The lowest BCUT2D eigenvalue weighted by atomic mass is 10.1. The number of aryl methyl sites for hydroxylation is 1. The highest BCUT2D eigenvalue weighted by molar-refractivity contribution is 6.20. The number of pyridine rings is 1. The fourth-order valence-electron chi connectivity index (χ4n) is 2.17. The third kappa shape index (κ3) is 2.58. The number of rotatable bonds is 4. The third-order valence-electron chi connectivity index (χ3n) is 3.26. The Morgan fingerprint density at radius 2 is 1.64 bits per heavy atom. The fraction of sp³-hybridized carbons (Fsp3) is 0.125. The minimum atomic E-state index is -0.653. The van der Waals surface area contributed by atoms with Gasteiger partial charge in [-0.05, 0) is 24.3 Å². The molecule has 0 fully saturated rings. The summed E-state index contributed by atoms with van der Waals surface area (Å²) in [5, 5.41) is 0.519. The highest BCUT2D eigenvalue weighted by Gasteiger charge is 2.38. The molecule has 1 aliphatic heterocycles. The Hall–Kier alpha value is -3.02. The molecule has 0 atom stereocenters. The maximum Gasteiger partial charge on any atom is 0.333 e. The molecule has 0 saturated carbocycles.